The summed E-state index contributed by atoms with van der Waals surface area (Å²) in [4.78, 5) is 21.5. The van der Waals surface area contributed by atoms with Crippen molar-refractivity contribution < 1.29 is 19.4 Å². The number of carbonyl (C=O) groups excluding carboxylic acids is 1. The number of rotatable bonds is 5. The van der Waals surface area contributed by atoms with Gasteiger partial charge in [-0.05, 0) is 20.8 Å². The lowest BCUT2D eigenvalue weighted by Gasteiger charge is -2.19. The van der Waals surface area contributed by atoms with Gasteiger partial charge in [0, 0.05) is 5.75 Å². The normalized spacial score (nSPS) is 13.3. The summed E-state index contributed by atoms with van der Waals surface area (Å²) in [5, 5.41) is 8.48. The molecule has 6 heteroatoms. The SMILES string of the molecule is CC(C)(C)OC(=O)CSC[C@@H](N)C(=O)O. The lowest BCUT2D eigenvalue weighted by Crippen LogP contribution is -2.33. The van der Waals surface area contributed by atoms with Gasteiger partial charge in [0.1, 0.15) is 11.6 Å². The maximum absolute atomic E-state index is 11.2. The quantitative estimate of drug-likeness (QED) is 0.673. The zero-order valence-electron chi connectivity index (χ0n) is 9.15. The van der Waals surface area contributed by atoms with E-state index in [1.807, 2.05) is 0 Å². The van der Waals surface area contributed by atoms with Crippen LogP contribution in [-0.4, -0.2) is 40.2 Å². The molecule has 0 fully saturated rings. The minimum Gasteiger partial charge on any atom is -0.480 e. The maximum atomic E-state index is 11.2. The number of hydrogen-bond donors (Lipinski definition) is 2. The predicted octanol–water partition coefficient (Wildman–Crippen LogP) is 0.473. The molecular weight excluding hydrogens is 218 g/mol. The van der Waals surface area contributed by atoms with Gasteiger partial charge in [0.2, 0.25) is 0 Å². The summed E-state index contributed by atoms with van der Waals surface area (Å²) in [6, 6.07) is -0.933. The van der Waals surface area contributed by atoms with Gasteiger partial charge in [-0.15, -0.1) is 11.8 Å². The summed E-state index contributed by atoms with van der Waals surface area (Å²) < 4.78 is 5.03. The third kappa shape index (κ3) is 8.26. The van der Waals surface area contributed by atoms with Crippen LogP contribution in [0.5, 0.6) is 0 Å². The molecule has 0 aliphatic carbocycles. The van der Waals surface area contributed by atoms with E-state index in [2.05, 4.69) is 0 Å². The number of carboxylic acid groups (broad SMARTS) is 1. The molecule has 5 nitrogen and oxygen atoms in total. The molecule has 0 heterocycles. The van der Waals surface area contributed by atoms with Crippen LogP contribution in [0.3, 0.4) is 0 Å². The van der Waals surface area contributed by atoms with Gasteiger partial charge in [-0.25, -0.2) is 0 Å². The van der Waals surface area contributed by atoms with E-state index < -0.39 is 17.6 Å². The first-order chi connectivity index (χ1) is 6.72. The van der Waals surface area contributed by atoms with E-state index in [4.69, 9.17) is 15.6 Å². The summed E-state index contributed by atoms with van der Waals surface area (Å²) in [7, 11) is 0. The van der Waals surface area contributed by atoms with E-state index in [0.717, 1.165) is 11.8 Å². The third-order valence-corrected chi connectivity index (χ3v) is 2.29. The Morgan fingerprint density at radius 1 is 1.47 bits per heavy atom. The van der Waals surface area contributed by atoms with Crippen molar-refractivity contribution in [2.24, 2.45) is 5.73 Å². The minimum atomic E-state index is -1.06. The number of carbonyl (C=O) groups is 2. The highest BCUT2D eigenvalue weighted by Gasteiger charge is 2.17. The van der Waals surface area contributed by atoms with Gasteiger partial charge in [-0.3, -0.25) is 9.59 Å². The lowest BCUT2D eigenvalue weighted by atomic mass is 10.2. The second-order valence-electron chi connectivity index (χ2n) is 4.05. The van der Waals surface area contributed by atoms with Crippen molar-refractivity contribution in [1.29, 1.82) is 0 Å². The number of nitrogens with two attached hydrogens (primary N) is 1. The first-order valence-corrected chi connectivity index (χ1v) is 5.66. The Kier molecular flexibility index (Phi) is 5.67. The molecule has 0 rings (SSSR count). The number of aliphatic carboxylic acids is 1. The summed E-state index contributed by atoms with van der Waals surface area (Å²) in [5.41, 5.74) is 4.75. The zero-order chi connectivity index (χ0) is 12.1. The van der Waals surface area contributed by atoms with Crippen molar-refractivity contribution in [3.8, 4) is 0 Å². The predicted molar refractivity (Wildman–Crippen MR) is 58.8 cm³/mol. The highest BCUT2D eigenvalue weighted by atomic mass is 32.2. The first kappa shape index (κ1) is 14.2. The van der Waals surface area contributed by atoms with Gasteiger partial charge in [0.15, 0.2) is 0 Å². The van der Waals surface area contributed by atoms with E-state index in [-0.39, 0.29) is 17.5 Å². The summed E-state index contributed by atoms with van der Waals surface area (Å²) in [6.45, 7) is 5.33. The topological polar surface area (TPSA) is 89.6 Å². The Hall–Kier alpha value is -0.750. The van der Waals surface area contributed by atoms with Crippen LogP contribution in [0.2, 0.25) is 0 Å². The fraction of sp³-hybridized carbons (Fsp3) is 0.778. The van der Waals surface area contributed by atoms with Crippen molar-refractivity contribution in [2.75, 3.05) is 11.5 Å². The Balaban J connectivity index is 3.69. The number of hydrogen-bond acceptors (Lipinski definition) is 5. The summed E-state index contributed by atoms with van der Waals surface area (Å²) in [5.74, 6) is -1.09. The maximum Gasteiger partial charge on any atom is 0.321 e. The van der Waals surface area contributed by atoms with Crippen LogP contribution >= 0.6 is 11.8 Å². The van der Waals surface area contributed by atoms with Crippen LogP contribution in [0.4, 0.5) is 0 Å². The molecule has 0 aliphatic heterocycles. The van der Waals surface area contributed by atoms with Crippen LogP contribution in [0.25, 0.3) is 0 Å². The Bertz CT molecular complexity index is 237. The molecule has 88 valence electrons. The number of carboxylic acids is 1. The van der Waals surface area contributed by atoms with E-state index in [0.29, 0.717) is 0 Å². The summed E-state index contributed by atoms with van der Waals surface area (Å²) in [6.07, 6.45) is 0. The molecular formula is C9H17NO4S. The molecule has 0 unspecified atom stereocenters. The fourth-order valence-electron chi connectivity index (χ4n) is 0.711. The highest BCUT2D eigenvalue weighted by molar-refractivity contribution is 8.00. The molecule has 0 radical (unpaired) electrons. The van der Waals surface area contributed by atoms with Gasteiger partial charge in [0.25, 0.3) is 0 Å². The second kappa shape index (κ2) is 5.97. The Morgan fingerprint density at radius 3 is 2.40 bits per heavy atom. The molecule has 0 amide bonds. The number of esters is 1. The highest BCUT2D eigenvalue weighted by Crippen LogP contribution is 2.10. The van der Waals surface area contributed by atoms with Gasteiger partial charge < -0.3 is 15.6 Å². The van der Waals surface area contributed by atoms with Crippen LogP contribution < -0.4 is 5.73 Å². The molecule has 0 aromatic rings. The van der Waals surface area contributed by atoms with E-state index in [1.54, 1.807) is 20.8 Å². The van der Waals surface area contributed by atoms with Gasteiger partial charge >= 0.3 is 11.9 Å². The zero-order valence-corrected chi connectivity index (χ0v) is 9.97. The first-order valence-electron chi connectivity index (χ1n) is 4.50. The van der Waals surface area contributed by atoms with Crippen LogP contribution in [0.15, 0.2) is 0 Å². The lowest BCUT2D eigenvalue weighted by molar-refractivity contribution is -0.151. The minimum absolute atomic E-state index is 0.123. The smallest absolute Gasteiger partial charge is 0.321 e. The number of thioether (sulfide) groups is 1. The Morgan fingerprint density at radius 2 is 2.00 bits per heavy atom. The van der Waals surface area contributed by atoms with Crippen molar-refractivity contribution in [2.45, 2.75) is 32.4 Å². The largest absolute Gasteiger partial charge is 0.480 e. The molecule has 0 saturated carbocycles. The molecule has 0 spiro atoms. The molecule has 0 aromatic heterocycles. The molecule has 0 bridgehead atoms. The number of ether oxygens (including phenoxy) is 1. The molecule has 3 N–H and O–H groups in total. The van der Waals surface area contributed by atoms with Crippen molar-refractivity contribution in [3.63, 3.8) is 0 Å². The van der Waals surface area contributed by atoms with Crippen LogP contribution in [-0.2, 0) is 14.3 Å². The average molecular weight is 235 g/mol. The van der Waals surface area contributed by atoms with Crippen molar-refractivity contribution in [3.05, 3.63) is 0 Å². The van der Waals surface area contributed by atoms with E-state index in [9.17, 15) is 9.59 Å². The Labute approximate surface area is 93.4 Å². The monoisotopic (exact) mass is 235 g/mol. The molecule has 15 heavy (non-hydrogen) atoms. The van der Waals surface area contributed by atoms with Gasteiger partial charge in [-0.1, -0.05) is 0 Å². The van der Waals surface area contributed by atoms with E-state index >= 15 is 0 Å². The van der Waals surface area contributed by atoms with Crippen LogP contribution in [0.1, 0.15) is 20.8 Å². The average Bonchev–Trinajstić information content (AvgIpc) is 2.00. The molecule has 1 atom stereocenters. The molecule has 0 aliphatic rings. The van der Waals surface area contributed by atoms with Gasteiger partial charge in [-0.2, -0.15) is 0 Å². The summed E-state index contributed by atoms with van der Waals surface area (Å²) >= 11 is 1.16. The molecule has 0 saturated heterocycles. The molecule has 0 aromatic carbocycles. The third-order valence-electron chi connectivity index (χ3n) is 1.25. The van der Waals surface area contributed by atoms with Crippen molar-refractivity contribution >= 4 is 23.7 Å². The second-order valence-corrected chi connectivity index (χ2v) is 5.08. The van der Waals surface area contributed by atoms with Gasteiger partial charge in [0.05, 0.1) is 5.75 Å². The standard InChI is InChI=1S/C9H17NO4S/c1-9(2,3)14-7(11)5-15-4-6(10)8(12)13/h6H,4-5,10H2,1-3H3,(H,12,13)/t6-/m1/s1. The van der Waals surface area contributed by atoms with Crippen molar-refractivity contribution in [1.82, 2.24) is 0 Å². The van der Waals surface area contributed by atoms with Crippen LogP contribution in [0, 0.1) is 0 Å². The fourth-order valence-corrected chi connectivity index (χ4v) is 1.45. The van der Waals surface area contributed by atoms with E-state index in [1.165, 1.54) is 0 Å².